The Morgan fingerprint density at radius 1 is 1.32 bits per heavy atom. The van der Waals surface area contributed by atoms with Crippen molar-refractivity contribution in [3.8, 4) is 0 Å². The monoisotopic (exact) mass is 303 g/mol. The highest BCUT2D eigenvalue weighted by atomic mass is 16.5. The quantitative estimate of drug-likeness (QED) is 0.850. The van der Waals surface area contributed by atoms with E-state index in [-0.39, 0.29) is 11.5 Å². The van der Waals surface area contributed by atoms with Crippen molar-refractivity contribution in [2.75, 3.05) is 26.3 Å². The van der Waals surface area contributed by atoms with Crippen molar-refractivity contribution in [1.82, 2.24) is 24.9 Å². The Morgan fingerprint density at radius 3 is 2.86 bits per heavy atom. The fraction of sp³-hybridized carbons (Fsp3) is 0.667. The molecule has 0 bridgehead atoms. The van der Waals surface area contributed by atoms with Gasteiger partial charge in [-0.05, 0) is 25.3 Å². The summed E-state index contributed by atoms with van der Waals surface area (Å²) in [7, 11) is 0. The zero-order valence-electron chi connectivity index (χ0n) is 12.7. The number of imidazole rings is 1. The second kappa shape index (κ2) is 5.48. The number of aromatic amines is 1. The Balaban J connectivity index is 1.79. The number of ether oxygens (including phenoxy) is 1. The van der Waals surface area contributed by atoms with Crippen LogP contribution in [0.4, 0.5) is 0 Å². The van der Waals surface area contributed by atoms with Gasteiger partial charge in [0.25, 0.3) is 5.56 Å². The number of H-pyrrole nitrogens is 1. The maximum absolute atomic E-state index is 12.4. The van der Waals surface area contributed by atoms with E-state index in [4.69, 9.17) is 9.84 Å². The van der Waals surface area contributed by atoms with Crippen molar-refractivity contribution < 1.29 is 4.74 Å². The lowest BCUT2D eigenvalue weighted by Gasteiger charge is -2.21. The Hall–Kier alpha value is -1.73. The first kappa shape index (κ1) is 13.9. The van der Waals surface area contributed by atoms with Crippen molar-refractivity contribution in [3.63, 3.8) is 0 Å². The van der Waals surface area contributed by atoms with Crippen LogP contribution in [0.25, 0.3) is 5.52 Å². The minimum absolute atomic E-state index is 0.102. The molecule has 0 aliphatic carbocycles. The van der Waals surface area contributed by atoms with Crippen molar-refractivity contribution in [3.05, 3.63) is 28.2 Å². The second-order valence-electron chi connectivity index (χ2n) is 6.38. The van der Waals surface area contributed by atoms with Gasteiger partial charge < -0.3 is 15.0 Å². The van der Waals surface area contributed by atoms with Crippen LogP contribution >= 0.6 is 0 Å². The molecule has 2 aliphatic heterocycles. The molecule has 2 aromatic rings. The first-order valence-electron chi connectivity index (χ1n) is 8.00. The van der Waals surface area contributed by atoms with Gasteiger partial charge in [-0.1, -0.05) is 6.92 Å². The van der Waals surface area contributed by atoms with Gasteiger partial charge in [-0.25, -0.2) is 9.50 Å². The molecule has 2 fully saturated rings. The summed E-state index contributed by atoms with van der Waals surface area (Å²) in [5.74, 6) is 2.70. The Kier molecular flexibility index (Phi) is 3.46. The van der Waals surface area contributed by atoms with Gasteiger partial charge in [0, 0.05) is 31.6 Å². The minimum Gasteiger partial charge on any atom is -0.381 e. The van der Waals surface area contributed by atoms with E-state index in [1.807, 2.05) is 0 Å². The summed E-state index contributed by atoms with van der Waals surface area (Å²) in [5, 5.41) is 8.08. The Bertz CT molecular complexity index is 731. The molecule has 0 aromatic carbocycles. The smallest absolute Gasteiger partial charge is 0.276 e. The molecule has 7 nitrogen and oxygen atoms in total. The maximum Gasteiger partial charge on any atom is 0.276 e. The van der Waals surface area contributed by atoms with Crippen LogP contribution in [0.5, 0.6) is 0 Å². The zero-order valence-corrected chi connectivity index (χ0v) is 12.7. The van der Waals surface area contributed by atoms with Crippen molar-refractivity contribution in [2.24, 2.45) is 5.92 Å². The predicted molar refractivity (Wildman–Crippen MR) is 81.2 cm³/mol. The summed E-state index contributed by atoms with van der Waals surface area (Å²) >= 11 is 0. The summed E-state index contributed by atoms with van der Waals surface area (Å²) in [4.78, 5) is 19.8. The maximum atomic E-state index is 12.4. The fourth-order valence-electron chi connectivity index (χ4n) is 3.51. The van der Waals surface area contributed by atoms with Gasteiger partial charge >= 0.3 is 0 Å². The van der Waals surface area contributed by atoms with Crippen LogP contribution in [0.3, 0.4) is 0 Å². The zero-order chi connectivity index (χ0) is 15.1. The average Bonchev–Trinajstić information content (AvgIpc) is 3.14. The number of rotatable bonds is 2. The summed E-state index contributed by atoms with van der Waals surface area (Å²) in [6, 6.07) is 0. The molecular weight excluding hydrogens is 282 g/mol. The Morgan fingerprint density at radius 2 is 2.14 bits per heavy atom. The number of hydrogen-bond acceptors (Lipinski definition) is 5. The summed E-state index contributed by atoms with van der Waals surface area (Å²) in [5.41, 5.74) is 0.429. The molecule has 0 spiro atoms. The molecule has 4 rings (SSSR count). The van der Waals surface area contributed by atoms with Crippen LogP contribution in [0.15, 0.2) is 11.0 Å². The van der Waals surface area contributed by atoms with E-state index in [9.17, 15) is 4.79 Å². The van der Waals surface area contributed by atoms with E-state index in [1.165, 1.54) is 0 Å². The first-order chi connectivity index (χ1) is 10.7. The normalized spacial score (nSPS) is 26.8. The minimum atomic E-state index is -0.102. The highest BCUT2D eigenvalue weighted by molar-refractivity contribution is 5.42. The standard InChI is InChI=1S/C15H21N5O2/c1-9-6-16-7-11(9)13-18-15(21)12-8-17-14(20(12)19-13)10-2-4-22-5-3-10/h8-11,16H,2-7H2,1H3,(H,18,19,21)/t9-,11?/m0/s1. The SMILES string of the molecule is C[C@H]1CNCC1c1nn2c(C3CCOCC3)ncc2c(=O)[nH]1. The lowest BCUT2D eigenvalue weighted by molar-refractivity contribution is 0.0832. The summed E-state index contributed by atoms with van der Waals surface area (Å²) in [6.45, 7) is 5.50. The van der Waals surface area contributed by atoms with Crippen molar-refractivity contribution >= 4 is 5.52 Å². The summed E-state index contributed by atoms with van der Waals surface area (Å²) in [6.07, 6.45) is 3.51. The van der Waals surface area contributed by atoms with Gasteiger partial charge in [-0.3, -0.25) is 4.79 Å². The van der Waals surface area contributed by atoms with Crippen LogP contribution < -0.4 is 10.9 Å². The van der Waals surface area contributed by atoms with E-state index in [1.54, 1.807) is 10.7 Å². The van der Waals surface area contributed by atoms with Gasteiger partial charge in [0.1, 0.15) is 11.6 Å². The molecule has 118 valence electrons. The number of aromatic nitrogens is 4. The predicted octanol–water partition coefficient (Wildman–Crippen LogP) is 0.634. The molecule has 1 unspecified atom stereocenters. The third-order valence-electron chi connectivity index (χ3n) is 4.90. The van der Waals surface area contributed by atoms with E-state index in [0.717, 1.165) is 50.8 Å². The highest BCUT2D eigenvalue weighted by Crippen LogP contribution is 2.27. The number of hydrogen-bond donors (Lipinski definition) is 2. The molecule has 7 heteroatoms. The number of fused-ring (bicyclic) bond motifs is 1. The van der Waals surface area contributed by atoms with Crippen LogP contribution in [0.1, 0.15) is 43.3 Å². The molecule has 0 amide bonds. The van der Waals surface area contributed by atoms with E-state index in [2.05, 4.69) is 22.2 Å². The molecule has 2 saturated heterocycles. The van der Waals surface area contributed by atoms with Gasteiger partial charge in [0.15, 0.2) is 5.52 Å². The van der Waals surface area contributed by atoms with Gasteiger partial charge in [0.05, 0.1) is 6.20 Å². The largest absolute Gasteiger partial charge is 0.381 e. The molecule has 2 atom stereocenters. The Labute approximate surface area is 128 Å². The van der Waals surface area contributed by atoms with Crippen LogP contribution in [0, 0.1) is 5.92 Å². The molecule has 2 aromatic heterocycles. The fourth-order valence-corrected chi connectivity index (χ4v) is 3.51. The lowest BCUT2D eigenvalue weighted by Crippen LogP contribution is -2.23. The number of nitrogens with zero attached hydrogens (tertiary/aromatic N) is 3. The summed E-state index contributed by atoms with van der Waals surface area (Å²) < 4.78 is 7.18. The van der Waals surface area contributed by atoms with Crippen LogP contribution in [-0.2, 0) is 4.74 Å². The van der Waals surface area contributed by atoms with E-state index in [0.29, 0.717) is 17.4 Å². The van der Waals surface area contributed by atoms with Crippen LogP contribution in [-0.4, -0.2) is 45.9 Å². The lowest BCUT2D eigenvalue weighted by atomic mass is 9.97. The molecule has 22 heavy (non-hydrogen) atoms. The van der Waals surface area contributed by atoms with Gasteiger partial charge in [0.2, 0.25) is 0 Å². The van der Waals surface area contributed by atoms with Crippen LogP contribution in [0.2, 0.25) is 0 Å². The molecular formula is C15H21N5O2. The third kappa shape index (κ3) is 2.24. The highest BCUT2D eigenvalue weighted by Gasteiger charge is 2.28. The molecule has 0 saturated carbocycles. The van der Waals surface area contributed by atoms with Gasteiger partial charge in [-0.2, -0.15) is 5.10 Å². The molecule has 2 aliphatic rings. The van der Waals surface area contributed by atoms with E-state index >= 15 is 0 Å². The third-order valence-corrected chi connectivity index (χ3v) is 4.90. The first-order valence-corrected chi connectivity index (χ1v) is 8.00. The molecule has 2 N–H and O–H groups in total. The second-order valence-corrected chi connectivity index (χ2v) is 6.38. The van der Waals surface area contributed by atoms with Crippen molar-refractivity contribution in [1.29, 1.82) is 0 Å². The number of nitrogens with one attached hydrogen (secondary N) is 2. The average molecular weight is 303 g/mol. The molecule has 0 radical (unpaired) electrons. The topological polar surface area (TPSA) is 84.3 Å². The van der Waals surface area contributed by atoms with Crippen molar-refractivity contribution in [2.45, 2.75) is 31.6 Å². The van der Waals surface area contributed by atoms with Gasteiger partial charge in [-0.15, -0.1) is 0 Å². The molecule has 4 heterocycles. The van der Waals surface area contributed by atoms with E-state index < -0.39 is 0 Å².